The number of nitrogens with one attached hydrogen (secondary N) is 4. The summed E-state index contributed by atoms with van der Waals surface area (Å²) in [7, 11) is 0. The lowest BCUT2D eigenvalue weighted by Crippen LogP contribution is -2.03. The number of rotatable bonds is 10. The maximum atomic E-state index is 11.6. The molecule has 0 saturated carbocycles. The van der Waals surface area contributed by atoms with Crippen molar-refractivity contribution in [2.45, 2.75) is 105 Å². The molecule has 1 aliphatic heterocycles. The van der Waals surface area contributed by atoms with Crippen LogP contribution in [-0.2, 0) is 65.8 Å². The molecule has 240 valence electrons. The molecular weight excluding hydrogens is 572 g/mol. The number of carbonyl (C=O) groups is 3. The number of hydrogen-bond acceptors (Lipinski definition) is 3. The van der Waals surface area contributed by atoms with Gasteiger partial charge >= 0.3 is 17.9 Å². The number of aliphatic carboxylic acids is 3. The third-order valence-corrected chi connectivity index (χ3v) is 9.82. The van der Waals surface area contributed by atoms with E-state index in [2.05, 4.69) is 40.7 Å². The fraction of sp³-hybridized carbons (Fsp3) is 0.457. The summed E-state index contributed by atoms with van der Waals surface area (Å²) in [4.78, 5) is 49.5. The Morgan fingerprint density at radius 3 is 1.00 bits per heavy atom. The first-order valence-corrected chi connectivity index (χ1v) is 15.8. The number of fused-ring (bicyclic) bond motifs is 8. The van der Waals surface area contributed by atoms with Gasteiger partial charge in [-0.15, -0.1) is 0 Å². The maximum absolute atomic E-state index is 11.6. The van der Waals surface area contributed by atoms with Crippen LogP contribution in [0, 0.1) is 27.7 Å². The van der Waals surface area contributed by atoms with E-state index in [4.69, 9.17) is 0 Å². The van der Waals surface area contributed by atoms with E-state index in [-0.39, 0.29) is 19.3 Å². The molecule has 0 radical (unpaired) electrons. The zero-order chi connectivity index (χ0) is 32.6. The van der Waals surface area contributed by atoms with Crippen molar-refractivity contribution >= 4 is 17.9 Å². The fourth-order valence-electron chi connectivity index (χ4n) is 7.25. The minimum Gasteiger partial charge on any atom is -0.481 e. The number of H-pyrrole nitrogens is 4. The Kier molecular flexibility index (Phi) is 9.13. The summed E-state index contributed by atoms with van der Waals surface area (Å²) in [5, 5.41) is 28.5. The van der Waals surface area contributed by atoms with Gasteiger partial charge in [-0.25, -0.2) is 0 Å². The predicted molar refractivity (Wildman–Crippen MR) is 171 cm³/mol. The molecule has 7 N–H and O–H groups in total. The summed E-state index contributed by atoms with van der Waals surface area (Å²) in [6.07, 6.45) is 4.49. The quantitative estimate of drug-likeness (QED) is 0.109. The lowest BCUT2D eigenvalue weighted by Gasteiger charge is -2.06. The van der Waals surface area contributed by atoms with Gasteiger partial charge in [-0.1, -0.05) is 6.92 Å². The standard InChI is InChI=1S/C35H44N4O6/c1-6-21-17(2)27-14-30-23(8-11-34(42)43)20(5)28(39-30)15-31-22(7-10-33(40)41)18(3)25(37-31)13-26-19(4)24(9-12-35(44)45)32(38-26)16-29(21)36-27/h36-39H,6-16H2,1-5H3,(H,40,41)(H,42,43)(H,44,45). The summed E-state index contributed by atoms with van der Waals surface area (Å²) < 4.78 is 0. The van der Waals surface area contributed by atoms with Crippen molar-refractivity contribution in [2.75, 3.05) is 0 Å². The Hall–Kier alpha value is -4.47. The van der Waals surface area contributed by atoms with Gasteiger partial charge in [0.05, 0.1) is 0 Å². The first-order chi connectivity index (χ1) is 21.4. The lowest BCUT2D eigenvalue weighted by molar-refractivity contribution is -0.138. The number of aromatic nitrogens is 4. The normalized spacial score (nSPS) is 12.9. The van der Waals surface area contributed by atoms with E-state index in [9.17, 15) is 29.7 Å². The molecule has 5 rings (SSSR count). The molecule has 0 amide bonds. The van der Waals surface area contributed by atoms with Crippen LogP contribution < -0.4 is 0 Å². The van der Waals surface area contributed by atoms with Crippen molar-refractivity contribution < 1.29 is 29.7 Å². The van der Waals surface area contributed by atoms with Crippen LogP contribution in [-0.4, -0.2) is 53.2 Å². The summed E-state index contributed by atoms with van der Waals surface area (Å²) in [6.45, 7) is 10.4. The van der Waals surface area contributed by atoms with Crippen LogP contribution in [0.3, 0.4) is 0 Å². The SMILES string of the molecule is CCc1c2[nH]c(c1C)Cc1[nH]c(c(C)c1CCC(=O)O)Cc1[nH]c(c(C)c1CCC(=O)O)Cc1[nH]c(c(CCC(=O)O)c1C)C2. The molecule has 5 heterocycles. The Morgan fingerprint density at radius 2 is 0.711 bits per heavy atom. The molecular formula is C35H44N4O6. The van der Waals surface area contributed by atoms with Crippen molar-refractivity contribution in [1.82, 2.24) is 19.9 Å². The number of carboxylic acids is 3. The molecule has 0 spiro atoms. The van der Waals surface area contributed by atoms with E-state index in [0.29, 0.717) is 44.9 Å². The molecule has 1 aliphatic rings. The molecule has 0 aliphatic carbocycles. The summed E-state index contributed by atoms with van der Waals surface area (Å²) >= 11 is 0. The molecule has 0 atom stereocenters. The average molecular weight is 617 g/mol. The van der Waals surface area contributed by atoms with Crippen LogP contribution in [0.4, 0.5) is 0 Å². The summed E-state index contributed by atoms with van der Waals surface area (Å²) in [6, 6.07) is 0. The second kappa shape index (κ2) is 12.9. The van der Waals surface area contributed by atoms with Gasteiger partial charge in [-0.05, 0) is 97.9 Å². The van der Waals surface area contributed by atoms with Crippen LogP contribution in [0.1, 0.15) is 116 Å². The number of hydrogen-bond donors (Lipinski definition) is 7. The van der Waals surface area contributed by atoms with E-state index in [1.54, 1.807) is 0 Å². The highest BCUT2D eigenvalue weighted by Crippen LogP contribution is 2.33. The number of aromatic amines is 4. The molecule has 4 aromatic rings. The Bertz CT molecular complexity index is 1780. The Balaban J connectivity index is 1.71. The highest BCUT2D eigenvalue weighted by atomic mass is 16.4. The molecule has 0 fully saturated rings. The fourth-order valence-corrected chi connectivity index (χ4v) is 7.25. The van der Waals surface area contributed by atoms with E-state index < -0.39 is 17.9 Å². The van der Waals surface area contributed by atoms with Gasteiger partial charge in [0.2, 0.25) is 0 Å². The van der Waals surface area contributed by atoms with Gasteiger partial charge in [0.25, 0.3) is 0 Å². The topological polar surface area (TPSA) is 175 Å². The smallest absolute Gasteiger partial charge is 0.303 e. The minimum absolute atomic E-state index is 0.0168. The summed E-state index contributed by atoms with van der Waals surface area (Å²) in [5.41, 5.74) is 16.8. The highest BCUT2D eigenvalue weighted by Gasteiger charge is 2.25. The molecule has 45 heavy (non-hydrogen) atoms. The van der Waals surface area contributed by atoms with Crippen molar-refractivity contribution in [3.8, 4) is 0 Å². The van der Waals surface area contributed by atoms with E-state index in [1.807, 2.05) is 13.8 Å². The second-order valence-electron chi connectivity index (χ2n) is 12.5. The molecule has 10 heteroatoms. The van der Waals surface area contributed by atoms with Crippen LogP contribution >= 0.6 is 0 Å². The zero-order valence-corrected chi connectivity index (χ0v) is 26.8. The Morgan fingerprint density at radius 1 is 0.467 bits per heavy atom. The third kappa shape index (κ3) is 6.50. The zero-order valence-electron chi connectivity index (χ0n) is 26.8. The minimum atomic E-state index is -0.851. The second-order valence-corrected chi connectivity index (χ2v) is 12.5. The molecule has 0 saturated heterocycles. The molecule has 4 aromatic heterocycles. The van der Waals surface area contributed by atoms with Crippen LogP contribution in [0.15, 0.2) is 0 Å². The van der Waals surface area contributed by atoms with Crippen molar-refractivity contribution in [3.05, 3.63) is 90.1 Å². The van der Waals surface area contributed by atoms with Gasteiger partial charge < -0.3 is 35.3 Å². The average Bonchev–Trinajstić information content (AvgIpc) is 3.63. The first kappa shape index (κ1) is 31.9. The first-order valence-electron chi connectivity index (χ1n) is 15.8. The van der Waals surface area contributed by atoms with Crippen LogP contribution in [0.25, 0.3) is 0 Å². The highest BCUT2D eigenvalue weighted by molar-refractivity contribution is 5.68. The summed E-state index contributed by atoms with van der Waals surface area (Å²) in [5.74, 6) is -2.52. The van der Waals surface area contributed by atoms with E-state index in [1.165, 1.54) is 11.1 Å². The van der Waals surface area contributed by atoms with Gasteiger partial charge in [0, 0.05) is 90.5 Å². The lowest BCUT2D eigenvalue weighted by atomic mass is 9.97. The van der Waals surface area contributed by atoms with Gasteiger partial charge in [-0.2, -0.15) is 0 Å². The van der Waals surface area contributed by atoms with E-state index in [0.717, 1.165) is 85.4 Å². The molecule has 0 aromatic carbocycles. The van der Waals surface area contributed by atoms with E-state index >= 15 is 0 Å². The molecule has 8 bridgehead atoms. The molecule has 10 nitrogen and oxygen atoms in total. The van der Waals surface area contributed by atoms with Crippen molar-refractivity contribution in [1.29, 1.82) is 0 Å². The third-order valence-electron chi connectivity index (χ3n) is 9.82. The largest absolute Gasteiger partial charge is 0.481 e. The number of carboxylic acid groups (broad SMARTS) is 3. The van der Waals surface area contributed by atoms with Crippen molar-refractivity contribution in [2.24, 2.45) is 0 Å². The van der Waals surface area contributed by atoms with Crippen LogP contribution in [0.5, 0.6) is 0 Å². The van der Waals surface area contributed by atoms with Crippen molar-refractivity contribution in [3.63, 3.8) is 0 Å². The Labute approximate surface area is 262 Å². The van der Waals surface area contributed by atoms with Crippen LogP contribution in [0.2, 0.25) is 0 Å². The van der Waals surface area contributed by atoms with Gasteiger partial charge in [-0.3, -0.25) is 14.4 Å². The molecule has 0 unspecified atom stereocenters. The monoisotopic (exact) mass is 616 g/mol. The van der Waals surface area contributed by atoms with Gasteiger partial charge in [0.15, 0.2) is 0 Å². The predicted octanol–water partition coefficient (Wildman–Crippen LogP) is 5.52. The van der Waals surface area contributed by atoms with Gasteiger partial charge in [0.1, 0.15) is 0 Å². The maximum Gasteiger partial charge on any atom is 0.303 e.